The van der Waals surface area contributed by atoms with Crippen LogP contribution < -0.4 is 5.32 Å². The first-order valence-electron chi connectivity index (χ1n) is 7.48. The Bertz CT molecular complexity index is 644. The van der Waals surface area contributed by atoms with E-state index < -0.39 is 12.0 Å². The van der Waals surface area contributed by atoms with E-state index >= 15 is 0 Å². The third-order valence-electron chi connectivity index (χ3n) is 4.25. The fourth-order valence-corrected chi connectivity index (χ4v) is 2.91. The molecular formula is C17H20N2O3. The Balaban J connectivity index is 2.06. The number of esters is 1. The highest BCUT2D eigenvalue weighted by atomic mass is 16.5. The topological polar surface area (TPSA) is 58.6 Å². The molecule has 1 aliphatic carbocycles. The molecule has 0 unspecified atom stereocenters. The Labute approximate surface area is 129 Å². The Morgan fingerprint density at radius 1 is 1.23 bits per heavy atom. The van der Waals surface area contributed by atoms with Crippen molar-refractivity contribution in [2.45, 2.75) is 38.8 Å². The van der Waals surface area contributed by atoms with Crippen molar-refractivity contribution in [2.75, 3.05) is 7.11 Å². The Kier molecular flexibility index (Phi) is 3.64. The summed E-state index contributed by atoms with van der Waals surface area (Å²) in [7, 11) is 1.37. The molecule has 0 spiro atoms. The average molecular weight is 300 g/mol. The number of carbonyl (C=O) groups excluding carboxylic acids is 2. The maximum Gasteiger partial charge on any atom is 0.337 e. The van der Waals surface area contributed by atoms with Crippen molar-refractivity contribution in [3.05, 3.63) is 46.7 Å². The van der Waals surface area contributed by atoms with Gasteiger partial charge >= 0.3 is 12.0 Å². The van der Waals surface area contributed by atoms with Crippen molar-refractivity contribution in [1.82, 2.24) is 10.2 Å². The number of nitrogens with zero attached hydrogens (tertiary/aromatic N) is 1. The summed E-state index contributed by atoms with van der Waals surface area (Å²) in [6, 6.07) is 7.41. The lowest BCUT2D eigenvalue weighted by atomic mass is 9.94. The number of hydrogen-bond acceptors (Lipinski definition) is 3. The van der Waals surface area contributed by atoms with Gasteiger partial charge in [0.15, 0.2) is 0 Å². The molecule has 0 bridgehead atoms. The van der Waals surface area contributed by atoms with Crippen LogP contribution in [-0.4, -0.2) is 30.1 Å². The van der Waals surface area contributed by atoms with Crippen molar-refractivity contribution in [1.29, 1.82) is 0 Å². The van der Waals surface area contributed by atoms with Crippen LogP contribution in [-0.2, 0) is 9.53 Å². The third kappa shape index (κ3) is 2.47. The number of rotatable bonds is 3. The van der Waals surface area contributed by atoms with Crippen LogP contribution in [0.25, 0.3) is 0 Å². The summed E-state index contributed by atoms with van der Waals surface area (Å²) in [5.41, 5.74) is 3.22. The molecule has 0 aromatic heterocycles. The molecule has 1 aliphatic heterocycles. The van der Waals surface area contributed by atoms with Gasteiger partial charge in [-0.3, -0.25) is 4.90 Å². The molecule has 1 fully saturated rings. The largest absolute Gasteiger partial charge is 0.466 e. The standard InChI is InChI=1S/C17H20N2O3/c1-10-4-6-12(7-5-10)15-14(16(20)22-3)11(2)19(13-8-9-13)17(21)18-15/h4-7,13,15H,8-9H2,1-3H3,(H,18,21)/t15-/m1/s1. The number of aryl methyl sites for hydroxylation is 1. The second-order valence-electron chi connectivity index (χ2n) is 5.89. The van der Waals surface area contributed by atoms with E-state index in [2.05, 4.69) is 5.32 Å². The van der Waals surface area contributed by atoms with Gasteiger partial charge in [-0.2, -0.15) is 0 Å². The van der Waals surface area contributed by atoms with E-state index in [4.69, 9.17) is 4.74 Å². The molecule has 1 heterocycles. The predicted molar refractivity (Wildman–Crippen MR) is 82.0 cm³/mol. The highest BCUT2D eigenvalue weighted by molar-refractivity contribution is 5.95. The SMILES string of the molecule is COC(=O)C1=C(C)N(C2CC2)C(=O)N[C@@H]1c1ccc(C)cc1. The molecule has 1 aromatic carbocycles. The fraction of sp³-hybridized carbons (Fsp3) is 0.412. The molecule has 1 saturated carbocycles. The molecule has 1 N–H and O–H groups in total. The highest BCUT2D eigenvalue weighted by Gasteiger charge is 2.42. The smallest absolute Gasteiger partial charge is 0.337 e. The number of amides is 2. The second kappa shape index (κ2) is 5.48. The number of ether oxygens (including phenoxy) is 1. The van der Waals surface area contributed by atoms with Crippen LogP contribution in [0.4, 0.5) is 4.79 Å². The summed E-state index contributed by atoms with van der Waals surface area (Å²) >= 11 is 0. The zero-order valence-corrected chi connectivity index (χ0v) is 13.1. The molecule has 3 rings (SSSR count). The van der Waals surface area contributed by atoms with E-state index in [1.807, 2.05) is 38.1 Å². The van der Waals surface area contributed by atoms with E-state index in [-0.39, 0.29) is 12.1 Å². The first kappa shape index (κ1) is 14.6. The third-order valence-corrected chi connectivity index (χ3v) is 4.25. The summed E-state index contributed by atoms with van der Waals surface area (Å²) < 4.78 is 4.94. The highest BCUT2D eigenvalue weighted by Crippen LogP contribution is 2.37. The Morgan fingerprint density at radius 2 is 1.86 bits per heavy atom. The van der Waals surface area contributed by atoms with E-state index in [1.54, 1.807) is 4.90 Å². The molecule has 1 atom stereocenters. The normalized spacial score (nSPS) is 21.7. The van der Waals surface area contributed by atoms with E-state index in [1.165, 1.54) is 7.11 Å². The van der Waals surface area contributed by atoms with Crippen LogP contribution in [0.3, 0.4) is 0 Å². The van der Waals surface area contributed by atoms with Gasteiger partial charge in [0.2, 0.25) is 0 Å². The monoisotopic (exact) mass is 300 g/mol. The number of urea groups is 1. The molecule has 5 nitrogen and oxygen atoms in total. The van der Waals surface area contributed by atoms with Crippen molar-refractivity contribution in [3.63, 3.8) is 0 Å². The lowest BCUT2D eigenvalue weighted by Crippen LogP contribution is -2.48. The summed E-state index contributed by atoms with van der Waals surface area (Å²) in [5.74, 6) is -0.395. The van der Waals surface area contributed by atoms with Gasteiger partial charge in [-0.15, -0.1) is 0 Å². The minimum Gasteiger partial charge on any atom is -0.466 e. The molecule has 1 aromatic rings. The van der Waals surface area contributed by atoms with Crippen molar-refractivity contribution in [2.24, 2.45) is 0 Å². The molecule has 5 heteroatoms. The number of methoxy groups -OCH3 is 1. The van der Waals surface area contributed by atoms with Crippen LogP contribution in [0.2, 0.25) is 0 Å². The van der Waals surface area contributed by atoms with Gasteiger partial charge in [0.25, 0.3) is 0 Å². The molecular weight excluding hydrogens is 280 g/mol. The van der Waals surface area contributed by atoms with Crippen molar-refractivity contribution >= 4 is 12.0 Å². The van der Waals surface area contributed by atoms with Crippen LogP contribution in [0.1, 0.15) is 36.9 Å². The lowest BCUT2D eigenvalue weighted by Gasteiger charge is -2.35. The quantitative estimate of drug-likeness (QED) is 0.873. The summed E-state index contributed by atoms with van der Waals surface area (Å²) in [5, 5.41) is 2.95. The predicted octanol–water partition coefficient (Wildman–Crippen LogP) is 2.67. The lowest BCUT2D eigenvalue weighted by molar-refractivity contribution is -0.136. The summed E-state index contributed by atoms with van der Waals surface area (Å²) in [4.78, 5) is 26.4. The zero-order chi connectivity index (χ0) is 15.9. The first-order valence-corrected chi connectivity index (χ1v) is 7.48. The Hall–Kier alpha value is -2.30. The van der Waals surface area contributed by atoms with Crippen molar-refractivity contribution < 1.29 is 14.3 Å². The number of allylic oxidation sites excluding steroid dienone is 1. The van der Waals surface area contributed by atoms with Crippen LogP contribution in [0, 0.1) is 6.92 Å². The minimum atomic E-state index is -0.462. The summed E-state index contributed by atoms with van der Waals surface area (Å²) in [6.45, 7) is 3.82. The average Bonchev–Trinajstić information content (AvgIpc) is 3.31. The molecule has 116 valence electrons. The molecule has 2 amide bonds. The second-order valence-corrected chi connectivity index (χ2v) is 5.89. The molecule has 2 aliphatic rings. The Morgan fingerprint density at radius 3 is 2.41 bits per heavy atom. The van der Waals surface area contributed by atoms with E-state index in [0.29, 0.717) is 11.3 Å². The number of nitrogens with one attached hydrogen (secondary N) is 1. The van der Waals surface area contributed by atoms with Gasteiger partial charge < -0.3 is 10.1 Å². The van der Waals surface area contributed by atoms with Gasteiger partial charge in [0, 0.05) is 11.7 Å². The van der Waals surface area contributed by atoms with E-state index in [9.17, 15) is 9.59 Å². The van der Waals surface area contributed by atoms with E-state index in [0.717, 1.165) is 24.0 Å². The van der Waals surface area contributed by atoms with Gasteiger partial charge in [0.05, 0.1) is 18.7 Å². The fourth-order valence-electron chi connectivity index (χ4n) is 2.91. The molecule has 22 heavy (non-hydrogen) atoms. The molecule has 0 saturated heterocycles. The van der Waals surface area contributed by atoms with Crippen LogP contribution in [0.15, 0.2) is 35.5 Å². The van der Waals surface area contributed by atoms with Gasteiger partial charge in [-0.1, -0.05) is 29.8 Å². The van der Waals surface area contributed by atoms with Gasteiger partial charge in [0.1, 0.15) is 0 Å². The maximum atomic E-state index is 12.4. The minimum absolute atomic E-state index is 0.141. The van der Waals surface area contributed by atoms with Crippen LogP contribution in [0.5, 0.6) is 0 Å². The van der Waals surface area contributed by atoms with Gasteiger partial charge in [-0.25, -0.2) is 9.59 Å². The van der Waals surface area contributed by atoms with Crippen molar-refractivity contribution in [3.8, 4) is 0 Å². The number of carbonyl (C=O) groups is 2. The number of hydrogen-bond donors (Lipinski definition) is 1. The molecule has 0 radical (unpaired) electrons. The number of benzene rings is 1. The van der Waals surface area contributed by atoms with Gasteiger partial charge in [-0.05, 0) is 32.3 Å². The first-order chi connectivity index (χ1) is 10.5. The summed E-state index contributed by atoms with van der Waals surface area (Å²) in [6.07, 6.45) is 1.96. The maximum absolute atomic E-state index is 12.4. The zero-order valence-electron chi connectivity index (χ0n) is 13.1. The van der Waals surface area contributed by atoms with Crippen LogP contribution >= 0.6 is 0 Å².